The number of amides is 1. The molecular weight excluding hydrogens is 396 g/mol. The van der Waals surface area contributed by atoms with Crippen molar-refractivity contribution in [3.05, 3.63) is 65.5 Å². The van der Waals surface area contributed by atoms with E-state index in [1.54, 1.807) is 43.2 Å². The summed E-state index contributed by atoms with van der Waals surface area (Å²) < 4.78 is 11.9. The van der Waals surface area contributed by atoms with Gasteiger partial charge in [-0.3, -0.25) is 4.79 Å². The van der Waals surface area contributed by atoms with Crippen LogP contribution in [0.2, 0.25) is 0 Å². The van der Waals surface area contributed by atoms with Crippen molar-refractivity contribution in [2.75, 3.05) is 37.5 Å². The number of rotatable bonds is 6. The summed E-state index contributed by atoms with van der Waals surface area (Å²) in [6.07, 6.45) is 0.499. The Morgan fingerprint density at radius 2 is 1.77 bits per heavy atom. The fourth-order valence-corrected chi connectivity index (χ4v) is 3.69. The van der Waals surface area contributed by atoms with Crippen LogP contribution in [0, 0.1) is 0 Å². The van der Waals surface area contributed by atoms with Crippen molar-refractivity contribution in [2.45, 2.75) is 13.3 Å². The predicted molar refractivity (Wildman–Crippen MR) is 117 cm³/mol. The third-order valence-electron chi connectivity index (χ3n) is 5.27. The maximum absolute atomic E-state index is 13.6. The highest BCUT2D eigenvalue weighted by Gasteiger charge is 2.35. The summed E-state index contributed by atoms with van der Waals surface area (Å²) >= 11 is 0. The number of carbonyl (C=O) groups excluding carboxylic acids is 2. The molecule has 0 radical (unpaired) electrons. The highest BCUT2D eigenvalue weighted by Crippen LogP contribution is 2.30. The molecule has 1 aliphatic rings. The zero-order valence-corrected chi connectivity index (χ0v) is 17.7. The molecule has 0 bridgehead atoms. The second-order valence-electron chi connectivity index (χ2n) is 7.01. The Morgan fingerprint density at radius 3 is 2.39 bits per heavy atom. The molecule has 2 heterocycles. The third kappa shape index (κ3) is 3.72. The molecule has 3 aromatic rings. The lowest BCUT2D eigenvalue weighted by atomic mass is 10.0. The number of esters is 1. The third-order valence-corrected chi connectivity index (χ3v) is 5.27. The standard InChI is InChI=1S/C23H24N4O4/c1-4-31-23(29)20-19-13-14-26(16-7-5-15(24-2)6-8-16)22(28)21(19)27(25-20)17-9-11-18(30-3)12-10-17/h5-12,24H,4,13-14H2,1-3H3. The van der Waals surface area contributed by atoms with Gasteiger partial charge in [0.2, 0.25) is 0 Å². The number of fused-ring (bicyclic) bond motifs is 1. The molecule has 0 spiro atoms. The van der Waals surface area contributed by atoms with Crippen LogP contribution in [-0.4, -0.2) is 49.0 Å². The van der Waals surface area contributed by atoms with Crippen LogP contribution >= 0.6 is 0 Å². The molecule has 0 atom stereocenters. The van der Waals surface area contributed by atoms with Gasteiger partial charge in [-0.15, -0.1) is 0 Å². The lowest BCUT2D eigenvalue weighted by Gasteiger charge is -2.28. The topological polar surface area (TPSA) is 85.7 Å². The summed E-state index contributed by atoms with van der Waals surface area (Å²) in [6.45, 7) is 2.43. The molecule has 0 aliphatic carbocycles. The molecule has 160 valence electrons. The number of nitrogens with one attached hydrogen (secondary N) is 1. The van der Waals surface area contributed by atoms with Crippen LogP contribution in [0.5, 0.6) is 5.75 Å². The van der Waals surface area contributed by atoms with Gasteiger partial charge in [0.25, 0.3) is 5.91 Å². The molecule has 1 aromatic heterocycles. The Bertz CT molecular complexity index is 1100. The van der Waals surface area contributed by atoms with Gasteiger partial charge in [0, 0.05) is 30.5 Å². The number of carbonyl (C=O) groups is 2. The molecule has 0 saturated heterocycles. The Morgan fingerprint density at radius 1 is 1.10 bits per heavy atom. The van der Waals surface area contributed by atoms with Crippen LogP contribution in [0.1, 0.15) is 33.5 Å². The normalized spacial score (nSPS) is 13.0. The van der Waals surface area contributed by atoms with Crippen LogP contribution in [0.15, 0.2) is 48.5 Å². The summed E-state index contributed by atoms with van der Waals surface area (Å²) in [4.78, 5) is 27.8. The van der Waals surface area contributed by atoms with Crippen molar-refractivity contribution in [2.24, 2.45) is 0 Å². The predicted octanol–water partition coefficient (Wildman–Crippen LogP) is 3.30. The van der Waals surface area contributed by atoms with Crippen molar-refractivity contribution in [3.8, 4) is 11.4 Å². The lowest BCUT2D eigenvalue weighted by Crippen LogP contribution is -2.39. The SMILES string of the molecule is CCOC(=O)c1nn(-c2ccc(OC)cc2)c2c1CCN(c1ccc(NC)cc1)C2=O. The first-order valence-electron chi connectivity index (χ1n) is 10.1. The number of aromatic nitrogens is 2. The number of methoxy groups -OCH3 is 1. The van der Waals surface area contributed by atoms with E-state index >= 15 is 0 Å². The zero-order valence-electron chi connectivity index (χ0n) is 17.7. The van der Waals surface area contributed by atoms with Gasteiger partial charge in [0.05, 0.1) is 19.4 Å². The first kappa shape index (κ1) is 20.5. The van der Waals surface area contributed by atoms with E-state index in [-0.39, 0.29) is 18.2 Å². The van der Waals surface area contributed by atoms with Gasteiger partial charge in [-0.25, -0.2) is 9.48 Å². The Kier molecular flexibility index (Phi) is 5.62. The van der Waals surface area contributed by atoms with Gasteiger partial charge in [-0.2, -0.15) is 5.10 Å². The van der Waals surface area contributed by atoms with Crippen LogP contribution in [0.3, 0.4) is 0 Å². The van der Waals surface area contributed by atoms with E-state index in [2.05, 4.69) is 10.4 Å². The van der Waals surface area contributed by atoms with Crippen molar-refractivity contribution in [3.63, 3.8) is 0 Å². The van der Waals surface area contributed by atoms with E-state index in [4.69, 9.17) is 9.47 Å². The van der Waals surface area contributed by atoms with Gasteiger partial charge in [0.15, 0.2) is 5.69 Å². The van der Waals surface area contributed by atoms with Crippen LogP contribution in [-0.2, 0) is 11.2 Å². The molecule has 1 aliphatic heterocycles. The summed E-state index contributed by atoms with van der Waals surface area (Å²) in [5.41, 5.74) is 3.58. The molecule has 0 saturated carbocycles. The maximum atomic E-state index is 13.6. The van der Waals surface area contributed by atoms with Gasteiger partial charge in [-0.05, 0) is 61.9 Å². The average Bonchev–Trinajstić information content (AvgIpc) is 3.20. The fraction of sp³-hybridized carbons (Fsp3) is 0.261. The van der Waals surface area contributed by atoms with Crippen molar-refractivity contribution < 1.29 is 19.1 Å². The number of benzene rings is 2. The molecule has 4 rings (SSSR count). The van der Waals surface area contributed by atoms with E-state index < -0.39 is 5.97 Å². The molecular formula is C23H24N4O4. The Balaban J connectivity index is 1.80. The highest BCUT2D eigenvalue weighted by molar-refractivity contribution is 6.09. The zero-order chi connectivity index (χ0) is 22.0. The molecule has 2 aromatic carbocycles. The second kappa shape index (κ2) is 8.51. The smallest absolute Gasteiger partial charge is 0.359 e. The molecule has 31 heavy (non-hydrogen) atoms. The van der Waals surface area contributed by atoms with Crippen molar-refractivity contribution >= 4 is 23.3 Å². The first-order chi connectivity index (χ1) is 15.1. The first-order valence-corrected chi connectivity index (χ1v) is 10.1. The summed E-state index contributed by atoms with van der Waals surface area (Å²) in [5, 5.41) is 7.56. The quantitative estimate of drug-likeness (QED) is 0.616. The van der Waals surface area contributed by atoms with E-state index in [0.29, 0.717) is 35.7 Å². The summed E-state index contributed by atoms with van der Waals surface area (Å²) in [5.74, 6) is -0.0454. The van der Waals surface area contributed by atoms with Gasteiger partial charge in [-0.1, -0.05) is 0 Å². The number of hydrogen-bond acceptors (Lipinski definition) is 6. The van der Waals surface area contributed by atoms with Gasteiger partial charge >= 0.3 is 5.97 Å². The minimum absolute atomic E-state index is 0.186. The molecule has 0 unspecified atom stereocenters. The van der Waals surface area contributed by atoms with E-state index in [1.165, 1.54) is 4.68 Å². The minimum atomic E-state index is -0.523. The average molecular weight is 420 g/mol. The number of nitrogens with zero attached hydrogens (tertiary/aromatic N) is 3. The van der Waals surface area contributed by atoms with E-state index in [1.807, 2.05) is 31.3 Å². The molecule has 8 nitrogen and oxygen atoms in total. The number of ether oxygens (including phenoxy) is 2. The maximum Gasteiger partial charge on any atom is 0.359 e. The monoisotopic (exact) mass is 420 g/mol. The Hall–Kier alpha value is -3.81. The van der Waals surface area contributed by atoms with Crippen LogP contribution in [0.4, 0.5) is 11.4 Å². The van der Waals surface area contributed by atoms with E-state index in [0.717, 1.165) is 11.4 Å². The molecule has 8 heteroatoms. The molecule has 0 fully saturated rings. The second-order valence-corrected chi connectivity index (χ2v) is 7.01. The van der Waals surface area contributed by atoms with Crippen molar-refractivity contribution in [1.29, 1.82) is 0 Å². The summed E-state index contributed by atoms with van der Waals surface area (Å²) in [7, 11) is 3.43. The summed E-state index contributed by atoms with van der Waals surface area (Å²) in [6, 6.07) is 14.8. The Labute approximate surface area is 180 Å². The van der Waals surface area contributed by atoms with Crippen molar-refractivity contribution in [1.82, 2.24) is 9.78 Å². The van der Waals surface area contributed by atoms with Gasteiger partial charge < -0.3 is 19.7 Å². The van der Waals surface area contributed by atoms with Crippen LogP contribution < -0.4 is 15.0 Å². The highest BCUT2D eigenvalue weighted by atomic mass is 16.5. The molecule has 1 amide bonds. The fourth-order valence-electron chi connectivity index (χ4n) is 3.69. The van der Waals surface area contributed by atoms with Crippen LogP contribution in [0.25, 0.3) is 5.69 Å². The lowest BCUT2D eigenvalue weighted by molar-refractivity contribution is 0.0517. The number of hydrogen-bond donors (Lipinski definition) is 1. The molecule has 1 N–H and O–H groups in total. The largest absolute Gasteiger partial charge is 0.497 e. The van der Waals surface area contributed by atoms with E-state index in [9.17, 15) is 9.59 Å². The van der Waals surface area contributed by atoms with Gasteiger partial charge in [0.1, 0.15) is 11.4 Å². The minimum Gasteiger partial charge on any atom is -0.497 e. The number of anilines is 2.